The number of ether oxygens (including phenoxy) is 3. The largest absolute Gasteiger partial charge is 0.465 e. The highest BCUT2D eigenvalue weighted by Crippen LogP contribution is 2.18. The first-order valence-corrected chi connectivity index (χ1v) is 5.14. The van der Waals surface area contributed by atoms with E-state index < -0.39 is 5.97 Å². The van der Waals surface area contributed by atoms with Crippen molar-refractivity contribution < 1.29 is 19.0 Å². The first kappa shape index (κ1) is 11.3. The predicted octanol–water partition coefficient (Wildman–Crippen LogP) is 2.13. The van der Waals surface area contributed by atoms with Gasteiger partial charge in [0.05, 0.1) is 7.11 Å². The molecule has 0 atom stereocenters. The number of benzene rings is 1. The number of methoxy groups -OCH3 is 1. The zero-order chi connectivity index (χ0) is 12.1. The molecule has 17 heavy (non-hydrogen) atoms. The number of carbonyl (C=O) groups excluding carboxylic acids is 1. The van der Waals surface area contributed by atoms with E-state index in [1.807, 2.05) is 30.3 Å². The highest BCUT2D eigenvalue weighted by molar-refractivity contribution is 5.86. The van der Waals surface area contributed by atoms with Crippen LogP contribution in [0.25, 0.3) is 0 Å². The minimum atomic E-state index is -0.552. The first-order valence-electron chi connectivity index (χ1n) is 5.14. The van der Waals surface area contributed by atoms with Crippen molar-refractivity contribution in [3.8, 4) is 0 Å². The number of rotatable bonds is 3. The third kappa shape index (κ3) is 2.87. The molecule has 1 aliphatic heterocycles. The lowest BCUT2D eigenvalue weighted by atomic mass is 10.1. The summed E-state index contributed by atoms with van der Waals surface area (Å²) in [4.78, 5) is 11.2. The van der Waals surface area contributed by atoms with Crippen LogP contribution in [0.3, 0.4) is 0 Å². The van der Waals surface area contributed by atoms with Gasteiger partial charge in [-0.15, -0.1) is 0 Å². The quantitative estimate of drug-likeness (QED) is 0.749. The summed E-state index contributed by atoms with van der Waals surface area (Å²) in [6.07, 6.45) is 3.26. The summed E-state index contributed by atoms with van der Waals surface area (Å²) in [5, 5.41) is 0. The normalized spacial score (nSPS) is 13.9. The summed E-state index contributed by atoms with van der Waals surface area (Å²) in [6, 6.07) is 9.77. The Morgan fingerprint density at radius 3 is 2.71 bits per heavy atom. The fourth-order valence-corrected chi connectivity index (χ4v) is 1.43. The van der Waals surface area contributed by atoms with Gasteiger partial charge in [-0.3, -0.25) is 0 Å². The van der Waals surface area contributed by atoms with Crippen LogP contribution in [0.15, 0.2) is 54.4 Å². The maximum absolute atomic E-state index is 11.2. The standard InChI is InChI=1S/C13H12O4/c1-15-13(14)12-9-16-8-11(17-12)7-10-5-3-2-4-6-10/h2-6,8-9H,7H2,1H3. The van der Waals surface area contributed by atoms with Crippen molar-refractivity contribution in [2.75, 3.05) is 7.11 Å². The molecular formula is C13H12O4. The molecule has 0 saturated carbocycles. The Morgan fingerprint density at radius 1 is 1.24 bits per heavy atom. The third-order valence-corrected chi connectivity index (χ3v) is 2.22. The molecule has 88 valence electrons. The van der Waals surface area contributed by atoms with E-state index in [4.69, 9.17) is 9.47 Å². The number of carbonyl (C=O) groups is 1. The van der Waals surface area contributed by atoms with Crippen LogP contribution in [0.1, 0.15) is 5.56 Å². The molecule has 1 aromatic carbocycles. The zero-order valence-corrected chi connectivity index (χ0v) is 9.38. The first-order chi connectivity index (χ1) is 8.29. The molecule has 1 aliphatic rings. The number of esters is 1. The van der Waals surface area contributed by atoms with Crippen LogP contribution in [0.5, 0.6) is 0 Å². The zero-order valence-electron chi connectivity index (χ0n) is 9.38. The number of hydrogen-bond donors (Lipinski definition) is 0. The van der Waals surface area contributed by atoms with Crippen molar-refractivity contribution in [2.45, 2.75) is 6.42 Å². The van der Waals surface area contributed by atoms with E-state index in [0.29, 0.717) is 12.2 Å². The van der Waals surface area contributed by atoms with Gasteiger partial charge in [-0.1, -0.05) is 30.3 Å². The van der Waals surface area contributed by atoms with E-state index in [9.17, 15) is 4.79 Å². The molecule has 0 fully saturated rings. The second kappa shape index (κ2) is 5.21. The Bertz CT molecular complexity index is 460. The van der Waals surface area contributed by atoms with Crippen LogP contribution in [0, 0.1) is 0 Å². The molecule has 0 amide bonds. The average molecular weight is 232 g/mol. The van der Waals surface area contributed by atoms with E-state index >= 15 is 0 Å². The molecule has 0 aromatic heterocycles. The highest BCUT2D eigenvalue weighted by Gasteiger charge is 2.18. The van der Waals surface area contributed by atoms with Gasteiger partial charge in [0.1, 0.15) is 18.3 Å². The summed E-state index contributed by atoms with van der Waals surface area (Å²) < 4.78 is 15.0. The molecule has 0 unspecified atom stereocenters. The predicted molar refractivity (Wildman–Crippen MR) is 60.5 cm³/mol. The van der Waals surface area contributed by atoms with Crippen molar-refractivity contribution in [3.05, 3.63) is 59.9 Å². The lowest BCUT2D eigenvalue weighted by Gasteiger charge is -2.14. The fourth-order valence-electron chi connectivity index (χ4n) is 1.43. The SMILES string of the molecule is COC(=O)C1=COC=C(Cc2ccccc2)O1. The van der Waals surface area contributed by atoms with Crippen molar-refractivity contribution in [3.63, 3.8) is 0 Å². The van der Waals surface area contributed by atoms with E-state index in [1.54, 1.807) is 0 Å². The van der Waals surface area contributed by atoms with Crippen molar-refractivity contribution in [1.29, 1.82) is 0 Å². The van der Waals surface area contributed by atoms with Crippen LogP contribution >= 0.6 is 0 Å². The molecule has 0 saturated heterocycles. The maximum Gasteiger partial charge on any atom is 0.377 e. The van der Waals surface area contributed by atoms with Crippen LogP contribution in [0.2, 0.25) is 0 Å². The molecule has 0 radical (unpaired) electrons. The van der Waals surface area contributed by atoms with Gasteiger partial charge < -0.3 is 14.2 Å². The van der Waals surface area contributed by atoms with Crippen LogP contribution < -0.4 is 0 Å². The second-order valence-corrected chi connectivity index (χ2v) is 3.46. The van der Waals surface area contributed by atoms with Crippen LogP contribution in [-0.2, 0) is 25.4 Å². The van der Waals surface area contributed by atoms with Gasteiger partial charge in [0, 0.05) is 6.42 Å². The average Bonchev–Trinajstić information content (AvgIpc) is 2.39. The number of allylic oxidation sites excluding steroid dienone is 1. The topological polar surface area (TPSA) is 44.8 Å². The summed E-state index contributed by atoms with van der Waals surface area (Å²) in [5.41, 5.74) is 1.08. The van der Waals surface area contributed by atoms with Crippen molar-refractivity contribution >= 4 is 5.97 Å². The summed E-state index contributed by atoms with van der Waals surface area (Å²) in [5.74, 6) is 0.0729. The summed E-state index contributed by atoms with van der Waals surface area (Å²) in [6.45, 7) is 0. The van der Waals surface area contributed by atoms with Crippen molar-refractivity contribution in [1.82, 2.24) is 0 Å². The molecular weight excluding hydrogens is 220 g/mol. The Balaban J connectivity index is 2.01. The monoisotopic (exact) mass is 232 g/mol. The van der Waals surface area contributed by atoms with E-state index in [2.05, 4.69) is 4.74 Å². The van der Waals surface area contributed by atoms with Crippen LogP contribution in [0.4, 0.5) is 0 Å². The Morgan fingerprint density at radius 2 is 2.00 bits per heavy atom. The van der Waals surface area contributed by atoms with E-state index in [0.717, 1.165) is 5.56 Å². The molecule has 0 spiro atoms. The van der Waals surface area contributed by atoms with E-state index in [1.165, 1.54) is 19.6 Å². The molecule has 4 heteroatoms. The summed E-state index contributed by atoms with van der Waals surface area (Å²) in [7, 11) is 1.29. The lowest BCUT2D eigenvalue weighted by Crippen LogP contribution is -2.12. The van der Waals surface area contributed by atoms with Gasteiger partial charge in [-0.05, 0) is 5.56 Å². The molecule has 0 aliphatic carbocycles. The van der Waals surface area contributed by atoms with Crippen LogP contribution in [-0.4, -0.2) is 13.1 Å². The van der Waals surface area contributed by atoms with Gasteiger partial charge >= 0.3 is 5.97 Å². The van der Waals surface area contributed by atoms with Gasteiger partial charge in [-0.25, -0.2) is 4.79 Å². The van der Waals surface area contributed by atoms with E-state index in [-0.39, 0.29) is 5.76 Å². The maximum atomic E-state index is 11.2. The minimum absolute atomic E-state index is 0.0564. The summed E-state index contributed by atoms with van der Waals surface area (Å²) >= 11 is 0. The second-order valence-electron chi connectivity index (χ2n) is 3.46. The molecule has 0 N–H and O–H groups in total. The van der Waals surface area contributed by atoms with Gasteiger partial charge in [0.15, 0.2) is 0 Å². The molecule has 2 rings (SSSR count). The molecule has 1 aromatic rings. The molecule has 1 heterocycles. The smallest absolute Gasteiger partial charge is 0.377 e. The Kier molecular flexibility index (Phi) is 3.45. The van der Waals surface area contributed by atoms with Crippen molar-refractivity contribution in [2.24, 2.45) is 0 Å². The Labute approximate surface area is 99.1 Å². The number of hydrogen-bond acceptors (Lipinski definition) is 4. The fraction of sp³-hybridized carbons (Fsp3) is 0.154. The lowest BCUT2D eigenvalue weighted by molar-refractivity contribution is -0.140. The third-order valence-electron chi connectivity index (χ3n) is 2.22. The Hall–Kier alpha value is -2.23. The van der Waals surface area contributed by atoms with Gasteiger partial charge in [0.2, 0.25) is 5.76 Å². The molecule has 4 nitrogen and oxygen atoms in total. The van der Waals surface area contributed by atoms with Gasteiger partial charge in [0.25, 0.3) is 0 Å². The minimum Gasteiger partial charge on any atom is -0.465 e. The van der Waals surface area contributed by atoms with Gasteiger partial charge in [-0.2, -0.15) is 0 Å². The highest BCUT2D eigenvalue weighted by atomic mass is 16.6. The molecule has 0 bridgehead atoms.